The Morgan fingerprint density at radius 2 is 1.76 bits per heavy atom. The maximum atomic E-state index is 12.0. The zero-order chi connectivity index (χ0) is 13.8. The molecule has 0 bridgehead atoms. The third kappa shape index (κ3) is 3.72. The van der Waals surface area contributed by atoms with Crippen LogP contribution in [0, 0.1) is 11.3 Å². The maximum absolute atomic E-state index is 12.0. The van der Waals surface area contributed by atoms with Crippen LogP contribution in [0.3, 0.4) is 0 Å². The number of carbonyl (C=O) groups is 2. The second kappa shape index (κ2) is 6.03. The van der Waals surface area contributed by atoms with Crippen molar-refractivity contribution in [1.29, 1.82) is 0 Å². The normalized spacial score (nSPS) is 16.4. The number of carbonyl (C=O) groups excluding carboxylic acids is 1. The van der Waals surface area contributed by atoms with E-state index in [0.717, 1.165) is 6.42 Å². The molecule has 0 radical (unpaired) electrons. The number of amides is 1. The molecular weight excluding hydrogens is 218 g/mol. The average Bonchev–Trinajstić information content (AvgIpc) is 2.25. The predicted molar refractivity (Wildman–Crippen MR) is 67.7 cm³/mol. The van der Waals surface area contributed by atoms with Gasteiger partial charge >= 0.3 is 5.97 Å². The van der Waals surface area contributed by atoms with Crippen LogP contribution in [0.1, 0.15) is 47.5 Å². The van der Waals surface area contributed by atoms with Crippen molar-refractivity contribution in [2.75, 3.05) is 7.05 Å². The summed E-state index contributed by atoms with van der Waals surface area (Å²) in [7, 11) is 1.74. The van der Waals surface area contributed by atoms with Crippen molar-refractivity contribution >= 4 is 11.9 Å². The third-order valence-electron chi connectivity index (χ3n) is 3.93. The maximum Gasteiger partial charge on any atom is 0.310 e. The van der Waals surface area contributed by atoms with Crippen LogP contribution in [0.4, 0.5) is 0 Å². The summed E-state index contributed by atoms with van der Waals surface area (Å²) in [6, 6.07) is 0.146. The van der Waals surface area contributed by atoms with Gasteiger partial charge in [0.25, 0.3) is 0 Å². The smallest absolute Gasteiger partial charge is 0.310 e. The largest absolute Gasteiger partial charge is 0.481 e. The number of carboxylic acid groups (broad SMARTS) is 1. The molecule has 100 valence electrons. The lowest BCUT2D eigenvalue weighted by molar-refractivity contribution is -0.155. The molecule has 1 amide bonds. The van der Waals surface area contributed by atoms with Crippen molar-refractivity contribution in [3.63, 3.8) is 0 Å². The van der Waals surface area contributed by atoms with Gasteiger partial charge in [0.05, 0.1) is 5.41 Å². The van der Waals surface area contributed by atoms with Crippen molar-refractivity contribution < 1.29 is 14.7 Å². The quantitative estimate of drug-likeness (QED) is 0.779. The number of hydrogen-bond donors (Lipinski definition) is 1. The van der Waals surface area contributed by atoms with Gasteiger partial charge in [0, 0.05) is 19.5 Å². The predicted octanol–water partition coefficient (Wildman–Crippen LogP) is 2.38. The third-order valence-corrected chi connectivity index (χ3v) is 3.93. The molecule has 0 heterocycles. The lowest BCUT2D eigenvalue weighted by Gasteiger charge is -2.32. The van der Waals surface area contributed by atoms with E-state index in [-0.39, 0.29) is 24.3 Å². The van der Waals surface area contributed by atoms with Crippen LogP contribution < -0.4 is 0 Å². The first-order valence-electron chi connectivity index (χ1n) is 6.15. The first-order chi connectivity index (χ1) is 7.66. The van der Waals surface area contributed by atoms with Crippen LogP contribution in [0.2, 0.25) is 0 Å². The second-order valence-corrected chi connectivity index (χ2v) is 5.32. The lowest BCUT2D eigenvalue weighted by Crippen LogP contribution is -2.42. The molecule has 17 heavy (non-hydrogen) atoms. The van der Waals surface area contributed by atoms with E-state index >= 15 is 0 Å². The SMILES string of the molecule is CCC(C)N(C)C(=O)CC(C)(C(=O)O)C(C)C. The Morgan fingerprint density at radius 3 is 2.06 bits per heavy atom. The van der Waals surface area contributed by atoms with Crippen molar-refractivity contribution in [3.8, 4) is 0 Å². The number of rotatable bonds is 6. The van der Waals surface area contributed by atoms with Crippen LogP contribution in [0.15, 0.2) is 0 Å². The summed E-state index contributed by atoms with van der Waals surface area (Å²) in [4.78, 5) is 25.0. The van der Waals surface area contributed by atoms with E-state index in [0.29, 0.717) is 0 Å². The second-order valence-electron chi connectivity index (χ2n) is 5.32. The summed E-state index contributed by atoms with van der Waals surface area (Å²) in [5.74, 6) is -1.08. The van der Waals surface area contributed by atoms with Crippen molar-refractivity contribution in [2.45, 2.75) is 53.5 Å². The highest BCUT2D eigenvalue weighted by molar-refractivity contribution is 5.85. The molecule has 2 atom stereocenters. The van der Waals surface area contributed by atoms with Gasteiger partial charge < -0.3 is 10.0 Å². The fourth-order valence-corrected chi connectivity index (χ4v) is 1.49. The Morgan fingerprint density at radius 1 is 1.29 bits per heavy atom. The van der Waals surface area contributed by atoms with Crippen LogP contribution in [-0.4, -0.2) is 35.0 Å². The van der Waals surface area contributed by atoms with Crippen LogP contribution in [0.5, 0.6) is 0 Å². The van der Waals surface area contributed by atoms with Crippen molar-refractivity contribution in [3.05, 3.63) is 0 Å². The van der Waals surface area contributed by atoms with Gasteiger partial charge in [-0.15, -0.1) is 0 Å². The topological polar surface area (TPSA) is 57.6 Å². The van der Waals surface area contributed by atoms with E-state index in [1.807, 2.05) is 27.7 Å². The first kappa shape index (κ1) is 15.9. The summed E-state index contributed by atoms with van der Waals surface area (Å²) in [5.41, 5.74) is -0.987. The van der Waals surface area contributed by atoms with Gasteiger partial charge in [0.15, 0.2) is 0 Å². The Hall–Kier alpha value is -1.06. The summed E-state index contributed by atoms with van der Waals surface area (Å²) >= 11 is 0. The highest BCUT2D eigenvalue weighted by Crippen LogP contribution is 2.32. The fraction of sp³-hybridized carbons (Fsp3) is 0.846. The van der Waals surface area contributed by atoms with Crippen molar-refractivity contribution in [2.24, 2.45) is 11.3 Å². The lowest BCUT2D eigenvalue weighted by atomic mass is 9.76. The van der Waals surface area contributed by atoms with Crippen LogP contribution >= 0.6 is 0 Å². The molecule has 2 unspecified atom stereocenters. The standard InChI is InChI=1S/C13H25NO3/c1-7-10(4)14(6)11(15)8-13(5,9(2)3)12(16)17/h9-10H,7-8H2,1-6H3,(H,16,17). The minimum Gasteiger partial charge on any atom is -0.481 e. The number of hydrogen-bond acceptors (Lipinski definition) is 2. The summed E-state index contributed by atoms with van der Waals surface area (Å²) in [6.45, 7) is 9.29. The van der Waals surface area contributed by atoms with E-state index in [2.05, 4.69) is 0 Å². The molecule has 0 aromatic carbocycles. The van der Waals surface area contributed by atoms with Gasteiger partial charge in [-0.1, -0.05) is 20.8 Å². The van der Waals surface area contributed by atoms with Gasteiger partial charge in [-0.3, -0.25) is 9.59 Å². The molecule has 4 heteroatoms. The molecule has 0 saturated carbocycles. The van der Waals surface area contributed by atoms with E-state index in [4.69, 9.17) is 0 Å². The van der Waals surface area contributed by atoms with E-state index < -0.39 is 11.4 Å². The zero-order valence-electron chi connectivity index (χ0n) is 11.8. The highest BCUT2D eigenvalue weighted by atomic mass is 16.4. The van der Waals surface area contributed by atoms with Crippen molar-refractivity contribution in [1.82, 2.24) is 4.90 Å². The molecule has 0 saturated heterocycles. The van der Waals surface area contributed by atoms with Gasteiger partial charge in [-0.25, -0.2) is 0 Å². The Bertz CT molecular complexity index is 288. The van der Waals surface area contributed by atoms with E-state index in [9.17, 15) is 14.7 Å². The van der Waals surface area contributed by atoms with Crippen LogP contribution in [0.25, 0.3) is 0 Å². The minimum absolute atomic E-state index is 0.0564. The van der Waals surface area contributed by atoms with Crippen LogP contribution in [-0.2, 0) is 9.59 Å². The molecule has 0 aliphatic heterocycles. The Kier molecular flexibility index (Phi) is 5.66. The molecule has 0 aromatic heterocycles. The molecule has 0 aromatic rings. The monoisotopic (exact) mass is 243 g/mol. The first-order valence-corrected chi connectivity index (χ1v) is 6.15. The molecule has 0 fully saturated rings. The number of carboxylic acids is 1. The van der Waals surface area contributed by atoms with E-state index in [1.165, 1.54) is 0 Å². The molecular formula is C13H25NO3. The molecule has 0 rings (SSSR count). The Labute approximate surface area is 104 Å². The number of nitrogens with zero attached hydrogens (tertiary/aromatic N) is 1. The number of aliphatic carboxylic acids is 1. The summed E-state index contributed by atoms with van der Waals surface area (Å²) in [6.07, 6.45) is 0.925. The molecule has 0 aliphatic rings. The highest BCUT2D eigenvalue weighted by Gasteiger charge is 2.39. The Balaban J connectivity index is 4.80. The summed E-state index contributed by atoms with van der Waals surface area (Å²) in [5, 5.41) is 9.26. The molecule has 4 nitrogen and oxygen atoms in total. The van der Waals surface area contributed by atoms with E-state index in [1.54, 1.807) is 18.9 Å². The minimum atomic E-state index is -0.987. The summed E-state index contributed by atoms with van der Waals surface area (Å²) < 4.78 is 0. The van der Waals surface area contributed by atoms with Gasteiger partial charge in [0.2, 0.25) is 5.91 Å². The molecule has 0 aliphatic carbocycles. The van der Waals surface area contributed by atoms with Gasteiger partial charge in [0.1, 0.15) is 0 Å². The average molecular weight is 243 g/mol. The van der Waals surface area contributed by atoms with Gasteiger partial charge in [-0.2, -0.15) is 0 Å². The zero-order valence-corrected chi connectivity index (χ0v) is 11.8. The molecule has 0 spiro atoms. The fourth-order valence-electron chi connectivity index (χ4n) is 1.49. The molecule has 1 N–H and O–H groups in total. The van der Waals surface area contributed by atoms with Gasteiger partial charge in [-0.05, 0) is 26.2 Å².